The zero-order chi connectivity index (χ0) is 12.4. The molecule has 0 bridgehead atoms. The lowest BCUT2D eigenvalue weighted by atomic mass is 10.1. The van der Waals surface area contributed by atoms with Crippen molar-refractivity contribution in [2.24, 2.45) is 0 Å². The third-order valence-corrected chi connectivity index (χ3v) is 4.47. The van der Waals surface area contributed by atoms with Gasteiger partial charge in [0, 0.05) is 16.8 Å². The maximum absolute atomic E-state index is 11.1. The van der Waals surface area contributed by atoms with Crippen molar-refractivity contribution < 1.29 is 14.6 Å². The van der Waals surface area contributed by atoms with Crippen molar-refractivity contribution in [3.8, 4) is 0 Å². The molecule has 3 nitrogen and oxygen atoms in total. The van der Waals surface area contributed by atoms with E-state index in [1.54, 1.807) is 17.8 Å². The summed E-state index contributed by atoms with van der Waals surface area (Å²) in [5, 5.41) is 9.51. The van der Waals surface area contributed by atoms with Crippen LogP contribution in [0.5, 0.6) is 0 Å². The van der Waals surface area contributed by atoms with Gasteiger partial charge in [-0.05, 0) is 38.0 Å². The number of carboxylic acids is 1. The average Bonchev–Trinajstić information content (AvgIpc) is 2.64. The fourth-order valence-corrected chi connectivity index (χ4v) is 3.28. The highest BCUT2D eigenvalue weighted by Crippen LogP contribution is 2.34. The Morgan fingerprint density at radius 3 is 2.88 bits per heavy atom. The summed E-state index contributed by atoms with van der Waals surface area (Å²) in [7, 11) is 0. The van der Waals surface area contributed by atoms with E-state index in [0.717, 1.165) is 23.5 Å². The number of hydrogen-bond acceptors (Lipinski definition) is 3. The lowest BCUT2D eigenvalue weighted by Crippen LogP contribution is -2.14. The highest BCUT2D eigenvalue weighted by molar-refractivity contribution is 8.00. The summed E-state index contributed by atoms with van der Waals surface area (Å²) >= 11 is 1.62. The van der Waals surface area contributed by atoms with Crippen LogP contribution in [0.3, 0.4) is 0 Å². The maximum atomic E-state index is 11.1. The van der Waals surface area contributed by atoms with Crippen LogP contribution in [0.25, 0.3) is 0 Å². The van der Waals surface area contributed by atoms with Gasteiger partial charge in [0.25, 0.3) is 0 Å². The fraction of sp³-hybridized carbons (Fsp3) is 0.462. The van der Waals surface area contributed by atoms with Crippen LogP contribution in [-0.4, -0.2) is 29.0 Å². The Kier molecular flexibility index (Phi) is 3.74. The molecule has 17 heavy (non-hydrogen) atoms. The van der Waals surface area contributed by atoms with Gasteiger partial charge in [0.05, 0.1) is 11.7 Å². The highest BCUT2D eigenvalue weighted by Gasteiger charge is 2.26. The second-order valence-corrected chi connectivity index (χ2v) is 5.61. The van der Waals surface area contributed by atoms with Crippen molar-refractivity contribution in [2.45, 2.75) is 36.5 Å². The van der Waals surface area contributed by atoms with E-state index in [1.807, 2.05) is 26.0 Å². The van der Waals surface area contributed by atoms with Crippen LogP contribution < -0.4 is 0 Å². The summed E-state index contributed by atoms with van der Waals surface area (Å²) in [5.41, 5.74) is 1.48. The van der Waals surface area contributed by atoms with Crippen molar-refractivity contribution in [1.29, 1.82) is 0 Å². The number of carboxylic acid groups (broad SMARTS) is 1. The first-order valence-electron chi connectivity index (χ1n) is 5.70. The van der Waals surface area contributed by atoms with Crippen LogP contribution in [0.1, 0.15) is 29.3 Å². The Morgan fingerprint density at radius 1 is 1.53 bits per heavy atom. The lowest BCUT2D eigenvalue weighted by Gasteiger charge is -2.15. The molecule has 92 valence electrons. The van der Waals surface area contributed by atoms with Crippen LogP contribution in [-0.2, 0) is 4.74 Å². The van der Waals surface area contributed by atoms with Gasteiger partial charge in [-0.25, -0.2) is 4.79 Å². The SMILES string of the molecule is Cc1ccc(C(=O)O)c(SC2CCOC2C)c1. The molecule has 1 saturated heterocycles. The molecule has 1 aromatic carbocycles. The zero-order valence-corrected chi connectivity index (χ0v) is 10.8. The van der Waals surface area contributed by atoms with E-state index in [9.17, 15) is 4.79 Å². The molecule has 1 aliphatic rings. The minimum Gasteiger partial charge on any atom is -0.478 e. The molecule has 1 aromatic rings. The first-order valence-corrected chi connectivity index (χ1v) is 6.58. The van der Waals surface area contributed by atoms with Crippen molar-refractivity contribution in [2.75, 3.05) is 6.61 Å². The largest absolute Gasteiger partial charge is 0.478 e. The topological polar surface area (TPSA) is 46.5 Å². The van der Waals surface area contributed by atoms with E-state index in [0.29, 0.717) is 10.8 Å². The van der Waals surface area contributed by atoms with Crippen LogP contribution >= 0.6 is 11.8 Å². The molecule has 0 saturated carbocycles. The van der Waals surface area contributed by atoms with Gasteiger partial charge >= 0.3 is 5.97 Å². The summed E-state index contributed by atoms with van der Waals surface area (Å²) in [6, 6.07) is 5.46. The van der Waals surface area contributed by atoms with Crippen molar-refractivity contribution >= 4 is 17.7 Å². The average molecular weight is 252 g/mol. The molecule has 0 aliphatic carbocycles. The van der Waals surface area contributed by atoms with E-state index >= 15 is 0 Å². The number of aromatic carboxylic acids is 1. The summed E-state index contributed by atoms with van der Waals surface area (Å²) in [5.74, 6) is -0.862. The Balaban J connectivity index is 2.24. The summed E-state index contributed by atoms with van der Waals surface area (Å²) in [6.45, 7) is 4.79. The first-order chi connectivity index (χ1) is 8.08. The number of rotatable bonds is 3. The molecular formula is C13H16O3S. The third-order valence-electron chi connectivity index (χ3n) is 2.95. The van der Waals surface area contributed by atoms with Crippen molar-refractivity contribution in [3.05, 3.63) is 29.3 Å². The van der Waals surface area contributed by atoms with Crippen molar-refractivity contribution in [3.63, 3.8) is 0 Å². The van der Waals surface area contributed by atoms with Crippen LogP contribution in [0.15, 0.2) is 23.1 Å². The molecule has 1 N–H and O–H groups in total. The van der Waals surface area contributed by atoms with Gasteiger partial charge in [0.2, 0.25) is 0 Å². The van der Waals surface area contributed by atoms with E-state index in [2.05, 4.69) is 0 Å². The molecule has 0 amide bonds. The lowest BCUT2D eigenvalue weighted by molar-refractivity contribution is 0.0693. The molecular weight excluding hydrogens is 236 g/mol. The Hall–Kier alpha value is -1.00. The molecule has 2 unspecified atom stereocenters. The van der Waals surface area contributed by atoms with Gasteiger partial charge in [-0.15, -0.1) is 11.8 Å². The molecule has 4 heteroatoms. The minimum atomic E-state index is -0.862. The Labute approximate surface area is 105 Å². The number of ether oxygens (including phenoxy) is 1. The summed E-state index contributed by atoms with van der Waals surface area (Å²) < 4.78 is 5.50. The smallest absolute Gasteiger partial charge is 0.336 e. The normalized spacial score (nSPS) is 23.9. The Morgan fingerprint density at radius 2 is 2.29 bits per heavy atom. The number of benzene rings is 1. The zero-order valence-electron chi connectivity index (χ0n) is 9.97. The second kappa shape index (κ2) is 5.10. The Bertz CT molecular complexity index is 431. The van der Waals surface area contributed by atoms with Gasteiger partial charge in [0.15, 0.2) is 0 Å². The van der Waals surface area contributed by atoms with Gasteiger partial charge in [-0.2, -0.15) is 0 Å². The second-order valence-electron chi connectivity index (χ2n) is 4.33. The van der Waals surface area contributed by atoms with Gasteiger partial charge in [-0.3, -0.25) is 0 Å². The minimum absolute atomic E-state index is 0.196. The number of thioether (sulfide) groups is 1. The molecule has 1 heterocycles. The predicted molar refractivity (Wildman–Crippen MR) is 67.8 cm³/mol. The molecule has 1 fully saturated rings. The van der Waals surface area contributed by atoms with Crippen LogP contribution in [0.2, 0.25) is 0 Å². The van der Waals surface area contributed by atoms with Gasteiger partial charge in [0.1, 0.15) is 0 Å². The standard InChI is InChI=1S/C13H16O3S/c1-8-3-4-10(13(14)15)12(7-8)17-11-5-6-16-9(11)2/h3-4,7,9,11H,5-6H2,1-2H3,(H,14,15). The van der Waals surface area contributed by atoms with Crippen LogP contribution in [0.4, 0.5) is 0 Å². The highest BCUT2D eigenvalue weighted by atomic mass is 32.2. The molecule has 1 aliphatic heterocycles. The van der Waals surface area contributed by atoms with E-state index in [4.69, 9.17) is 9.84 Å². The van der Waals surface area contributed by atoms with Crippen molar-refractivity contribution in [1.82, 2.24) is 0 Å². The molecule has 0 aromatic heterocycles. The number of hydrogen-bond donors (Lipinski definition) is 1. The number of carbonyl (C=O) groups is 1. The van der Waals surface area contributed by atoms with Gasteiger partial charge in [-0.1, -0.05) is 6.07 Å². The van der Waals surface area contributed by atoms with E-state index < -0.39 is 5.97 Å². The maximum Gasteiger partial charge on any atom is 0.336 e. The van der Waals surface area contributed by atoms with E-state index in [-0.39, 0.29) is 6.10 Å². The molecule has 2 rings (SSSR count). The predicted octanol–water partition coefficient (Wildman–Crippen LogP) is 2.96. The molecule has 0 radical (unpaired) electrons. The quantitative estimate of drug-likeness (QED) is 0.898. The number of aryl methyl sites for hydroxylation is 1. The molecule has 2 atom stereocenters. The van der Waals surface area contributed by atoms with Crippen LogP contribution in [0, 0.1) is 6.92 Å². The molecule has 0 spiro atoms. The third kappa shape index (κ3) is 2.82. The summed E-state index contributed by atoms with van der Waals surface area (Å²) in [4.78, 5) is 12.0. The van der Waals surface area contributed by atoms with Gasteiger partial charge < -0.3 is 9.84 Å². The van der Waals surface area contributed by atoms with E-state index in [1.165, 1.54) is 0 Å². The first kappa shape index (κ1) is 12.5. The fourth-order valence-electron chi connectivity index (χ4n) is 1.93. The monoisotopic (exact) mass is 252 g/mol. The summed E-state index contributed by atoms with van der Waals surface area (Å²) in [6.07, 6.45) is 1.18.